The van der Waals surface area contributed by atoms with Crippen LogP contribution < -0.4 is 0 Å². The van der Waals surface area contributed by atoms with E-state index < -0.39 is 0 Å². The van der Waals surface area contributed by atoms with Crippen LogP contribution in [0.15, 0.2) is 30.0 Å². The summed E-state index contributed by atoms with van der Waals surface area (Å²) in [7, 11) is 1.52. The summed E-state index contributed by atoms with van der Waals surface area (Å²) in [5.74, 6) is 0.436. The van der Waals surface area contributed by atoms with Gasteiger partial charge in [0.1, 0.15) is 5.76 Å². The minimum absolute atomic E-state index is 0.0425. The fourth-order valence-electron chi connectivity index (χ4n) is 1.61. The summed E-state index contributed by atoms with van der Waals surface area (Å²) >= 11 is 5.23. The van der Waals surface area contributed by atoms with Crippen LogP contribution in [0.25, 0.3) is 0 Å². The van der Waals surface area contributed by atoms with Gasteiger partial charge in [-0.2, -0.15) is 0 Å². The van der Waals surface area contributed by atoms with Gasteiger partial charge in [-0.15, -0.1) is 0 Å². The van der Waals surface area contributed by atoms with E-state index >= 15 is 0 Å². The molecule has 0 bridgehead atoms. The van der Waals surface area contributed by atoms with Crippen LogP contribution in [0.1, 0.15) is 21.5 Å². The van der Waals surface area contributed by atoms with E-state index in [0.29, 0.717) is 16.2 Å². The van der Waals surface area contributed by atoms with Crippen molar-refractivity contribution in [1.82, 2.24) is 0 Å². The first-order valence-electron chi connectivity index (χ1n) is 4.59. The van der Waals surface area contributed by atoms with Crippen molar-refractivity contribution < 1.29 is 9.53 Å². The fraction of sp³-hybridized carbons (Fsp3) is 0.167. The molecule has 0 atom stereocenters. The zero-order valence-electron chi connectivity index (χ0n) is 8.53. The van der Waals surface area contributed by atoms with Crippen molar-refractivity contribution in [3.63, 3.8) is 0 Å². The topological polar surface area (TPSA) is 26.3 Å². The van der Waals surface area contributed by atoms with Gasteiger partial charge >= 0.3 is 0 Å². The molecule has 0 fully saturated rings. The Morgan fingerprint density at radius 1 is 1.27 bits per heavy atom. The van der Waals surface area contributed by atoms with Crippen LogP contribution in [0.3, 0.4) is 0 Å². The van der Waals surface area contributed by atoms with Crippen molar-refractivity contribution in [3.05, 3.63) is 46.7 Å². The number of allylic oxidation sites excluding steroid dienone is 2. The Hall–Kier alpha value is -1.48. The van der Waals surface area contributed by atoms with E-state index in [1.807, 2.05) is 25.1 Å². The van der Waals surface area contributed by atoms with Crippen LogP contribution in [0.4, 0.5) is 0 Å². The zero-order chi connectivity index (χ0) is 11.0. The summed E-state index contributed by atoms with van der Waals surface area (Å²) in [6.45, 7) is 1.95. The number of rotatable bonds is 1. The van der Waals surface area contributed by atoms with E-state index in [-0.39, 0.29) is 5.78 Å². The van der Waals surface area contributed by atoms with E-state index in [4.69, 9.17) is 17.0 Å². The summed E-state index contributed by atoms with van der Waals surface area (Å²) in [5.41, 5.74) is 2.51. The van der Waals surface area contributed by atoms with E-state index in [0.717, 1.165) is 11.1 Å². The lowest BCUT2D eigenvalue weighted by Gasteiger charge is -2.16. The Kier molecular flexibility index (Phi) is 2.40. The Labute approximate surface area is 93.6 Å². The number of hydrogen-bond acceptors (Lipinski definition) is 3. The van der Waals surface area contributed by atoms with Crippen molar-refractivity contribution in [2.24, 2.45) is 0 Å². The van der Waals surface area contributed by atoms with Gasteiger partial charge in [-0.1, -0.05) is 29.9 Å². The van der Waals surface area contributed by atoms with Crippen molar-refractivity contribution in [2.45, 2.75) is 6.92 Å². The fourth-order valence-corrected chi connectivity index (χ4v) is 1.93. The third kappa shape index (κ3) is 1.59. The number of carbonyl (C=O) groups excluding carboxylic acids is 1. The molecule has 15 heavy (non-hydrogen) atoms. The van der Waals surface area contributed by atoms with Gasteiger partial charge in [-0.05, 0) is 13.0 Å². The van der Waals surface area contributed by atoms with Gasteiger partial charge in [-0.3, -0.25) is 4.79 Å². The molecule has 1 aliphatic rings. The first kappa shape index (κ1) is 10.1. The molecule has 2 rings (SSSR count). The molecule has 0 radical (unpaired) electrons. The average Bonchev–Trinajstić information content (AvgIpc) is 2.23. The van der Waals surface area contributed by atoms with Crippen LogP contribution in [-0.2, 0) is 4.74 Å². The third-order valence-corrected chi connectivity index (χ3v) is 2.81. The highest BCUT2D eigenvalue weighted by molar-refractivity contribution is 7.81. The van der Waals surface area contributed by atoms with E-state index in [9.17, 15) is 4.79 Å². The number of fused-ring (bicyclic) bond motifs is 1. The molecule has 0 aliphatic heterocycles. The predicted molar refractivity (Wildman–Crippen MR) is 62.3 cm³/mol. The summed E-state index contributed by atoms with van der Waals surface area (Å²) < 4.78 is 5.06. The highest BCUT2D eigenvalue weighted by Crippen LogP contribution is 2.23. The molecule has 0 aromatic heterocycles. The Balaban J connectivity index is 2.62. The van der Waals surface area contributed by atoms with Gasteiger partial charge in [0, 0.05) is 17.2 Å². The molecule has 1 aromatic rings. The molecule has 0 spiro atoms. The maximum atomic E-state index is 11.7. The minimum atomic E-state index is -0.0425. The average molecular weight is 218 g/mol. The number of carbonyl (C=O) groups is 1. The Morgan fingerprint density at radius 3 is 2.67 bits per heavy atom. The standard InChI is InChI=1S/C12H10O2S/c1-7-3-4-8-9(5-7)10(13)6-11(14-2)12(8)15/h3-6H,1-2H3. The molecule has 0 N–H and O–H groups in total. The normalized spacial score (nSPS) is 14.7. The van der Waals surface area contributed by atoms with Crippen LogP contribution >= 0.6 is 12.2 Å². The van der Waals surface area contributed by atoms with Crippen LogP contribution in [0.2, 0.25) is 0 Å². The second-order valence-electron chi connectivity index (χ2n) is 3.46. The second kappa shape index (κ2) is 3.59. The molecule has 0 saturated heterocycles. The van der Waals surface area contributed by atoms with Crippen LogP contribution in [0.5, 0.6) is 0 Å². The lowest BCUT2D eigenvalue weighted by atomic mass is 9.93. The van der Waals surface area contributed by atoms with Gasteiger partial charge < -0.3 is 4.74 Å². The van der Waals surface area contributed by atoms with Gasteiger partial charge in [0.2, 0.25) is 0 Å². The predicted octanol–water partition coefficient (Wildman–Crippen LogP) is 2.44. The molecule has 1 aliphatic carbocycles. The van der Waals surface area contributed by atoms with Gasteiger partial charge in [0.15, 0.2) is 5.78 Å². The summed E-state index contributed by atoms with van der Waals surface area (Å²) in [5, 5.41) is 0. The van der Waals surface area contributed by atoms with Gasteiger partial charge in [0.25, 0.3) is 0 Å². The third-order valence-electron chi connectivity index (χ3n) is 2.39. The Morgan fingerprint density at radius 2 is 2.00 bits per heavy atom. The van der Waals surface area contributed by atoms with E-state index in [1.54, 1.807) is 0 Å². The van der Waals surface area contributed by atoms with Crippen molar-refractivity contribution in [3.8, 4) is 0 Å². The smallest absolute Gasteiger partial charge is 0.190 e. The molecule has 1 aromatic carbocycles. The molecule has 0 unspecified atom stereocenters. The summed E-state index contributed by atoms with van der Waals surface area (Å²) in [6.07, 6.45) is 1.45. The SMILES string of the molecule is COC1=CC(=O)c2cc(C)ccc2C1=S. The molecular formula is C12H10O2S. The minimum Gasteiger partial charge on any atom is -0.495 e. The highest BCUT2D eigenvalue weighted by Gasteiger charge is 2.22. The molecule has 0 saturated carbocycles. The number of ketones is 1. The lowest BCUT2D eigenvalue weighted by molar-refractivity contribution is 0.104. The maximum absolute atomic E-state index is 11.7. The lowest BCUT2D eigenvalue weighted by Crippen LogP contribution is -2.17. The summed E-state index contributed by atoms with van der Waals surface area (Å²) in [4.78, 5) is 12.3. The maximum Gasteiger partial charge on any atom is 0.190 e. The second-order valence-corrected chi connectivity index (χ2v) is 3.86. The van der Waals surface area contributed by atoms with Crippen molar-refractivity contribution in [1.29, 1.82) is 0 Å². The van der Waals surface area contributed by atoms with Crippen molar-refractivity contribution in [2.75, 3.05) is 7.11 Å². The number of thiocarbonyl (C=S) groups is 1. The number of benzene rings is 1. The van der Waals surface area contributed by atoms with Crippen molar-refractivity contribution >= 4 is 22.9 Å². The molecule has 0 amide bonds. The van der Waals surface area contributed by atoms with Gasteiger partial charge in [0.05, 0.1) is 12.0 Å². The largest absolute Gasteiger partial charge is 0.495 e. The number of hydrogen-bond donors (Lipinski definition) is 0. The van der Waals surface area contributed by atoms with Crippen LogP contribution in [0, 0.1) is 6.92 Å². The molecule has 76 valence electrons. The van der Waals surface area contributed by atoms with E-state index in [2.05, 4.69) is 0 Å². The summed E-state index contributed by atoms with van der Waals surface area (Å²) in [6, 6.07) is 5.67. The zero-order valence-corrected chi connectivity index (χ0v) is 9.35. The first-order valence-corrected chi connectivity index (χ1v) is 4.99. The molecule has 2 nitrogen and oxygen atoms in total. The number of methoxy groups -OCH3 is 1. The number of aryl methyl sites for hydroxylation is 1. The molecular weight excluding hydrogens is 208 g/mol. The van der Waals surface area contributed by atoms with Gasteiger partial charge in [-0.25, -0.2) is 0 Å². The van der Waals surface area contributed by atoms with Crippen LogP contribution in [-0.4, -0.2) is 17.8 Å². The quantitative estimate of drug-likeness (QED) is 0.677. The number of ether oxygens (including phenoxy) is 1. The highest BCUT2D eigenvalue weighted by atomic mass is 32.1. The Bertz CT molecular complexity index is 486. The molecule has 3 heteroatoms. The monoisotopic (exact) mass is 218 g/mol. The van der Waals surface area contributed by atoms with E-state index in [1.165, 1.54) is 13.2 Å². The molecule has 0 heterocycles. The first-order chi connectivity index (χ1) is 7.13.